The van der Waals surface area contributed by atoms with Crippen LogP contribution in [-0.4, -0.2) is 28.6 Å². The summed E-state index contributed by atoms with van der Waals surface area (Å²) in [6.07, 6.45) is 1.49. The zero-order valence-electron chi connectivity index (χ0n) is 8.82. The van der Waals surface area contributed by atoms with Crippen LogP contribution in [0.25, 0.3) is 0 Å². The molecule has 0 radical (unpaired) electrons. The Labute approximate surface area is 93.4 Å². The summed E-state index contributed by atoms with van der Waals surface area (Å²) in [5.41, 5.74) is 0.925. The lowest BCUT2D eigenvalue weighted by Crippen LogP contribution is -2.28. The number of carbonyl (C=O) groups is 1. The highest BCUT2D eigenvalue weighted by molar-refractivity contribution is 7.03. The number of hydrogen-bond donors (Lipinski definition) is 2. The van der Waals surface area contributed by atoms with Crippen molar-refractivity contribution < 1.29 is 4.79 Å². The maximum Gasteiger partial charge on any atom is 0.221 e. The Morgan fingerprint density at radius 2 is 2.40 bits per heavy atom. The molecule has 1 rings (SSSR count). The molecule has 0 saturated carbocycles. The van der Waals surface area contributed by atoms with Gasteiger partial charge in [-0.1, -0.05) is 11.4 Å². The number of rotatable bonds is 7. The summed E-state index contributed by atoms with van der Waals surface area (Å²) in [7, 11) is 0. The third-order valence-electron chi connectivity index (χ3n) is 1.81. The monoisotopic (exact) mass is 228 g/mol. The van der Waals surface area contributed by atoms with Crippen LogP contribution in [0.15, 0.2) is 5.38 Å². The molecule has 1 aromatic rings. The molecule has 1 aromatic heterocycles. The van der Waals surface area contributed by atoms with Gasteiger partial charge < -0.3 is 10.6 Å². The van der Waals surface area contributed by atoms with Gasteiger partial charge in [-0.05, 0) is 18.0 Å². The molecule has 5 nitrogen and oxygen atoms in total. The molecular formula is C9H16N4OS. The Morgan fingerprint density at radius 1 is 1.53 bits per heavy atom. The van der Waals surface area contributed by atoms with Crippen molar-refractivity contribution in [3.63, 3.8) is 0 Å². The maximum absolute atomic E-state index is 11.2. The second kappa shape index (κ2) is 7.30. The van der Waals surface area contributed by atoms with Gasteiger partial charge in [-0.25, -0.2) is 0 Å². The van der Waals surface area contributed by atoms with Gasteiger partial charge in [0.15, 0.2) is 0 Å². The van der Waals surface area contributed by atoms with Crippen molar-refractivity contribution >= 4 is 17.4 Å². The van der Waals surface area contributed by atoms with E-state index in [-0.39, 0.29) is 5.91 Å². The average Bonchev–Trinajstić information content (AvgIpc) is 2.74. The molecule has 0 unspecified atom stereocenters. The lowest BCUT2D eigenvalue weighted by molar-refractivity contribution is -0.120. The van der Waals surface area contributed by atoms with E-state index in [4.69, 9.17) is 0 Å². The summed E-state index contributed by atoms with van der Waals surface area (Å²) in [5.74, 6) is 0.0979. The van der Waals surface area contributed by atoms with E-state index >= 15 is 0 Å². The number of carbonyl (C=O) groups excluding carboxylic acids is 1. The van der Waals surface area contributed by atoms with Gasteiger partial charge in [0.1, 0.15) is 0 Å². The molecule has 0 spiro atoms. The van der Waals surface area contributed by atoms with Crippen LogP contribution in [0.2, 0.25) is 0 Å². The van der Waals surface area contributed by atoms with Crippen molar-refractivity contribution in [1.82, 2.24) is 20.2 Å². The summed E-state index contributed by atoms with van der Waals surface area (Å²) in [4.78, 5) is 11.2. The largest absolute Gasteiger partial charge is 0.356 e. The van der Waals surface area contributed by atoms with Crippen molar-refractivity contribution in [3.8, 4) is 0 Å². The molecule has 84 valence electrons. The van der Waals surface area contributed by atoms with Crippen molar-refractivity contribution in [2.24, 2.45) is 0 Å². The molecule has 0 aliphatic rings. The van der Waals surface area contributed by atoms with Gasteiger partial charge in [0.05, 0.1) is 5.69 Å². The van der Waals surface area contributed by atoms with Crippen LogP contribution in [-0.2, 0) is 11.3 Å². The van der Waals surface area contributed by atoms with Crippen LogP contribution in [0.3, 0.4) is 0 Å². The third-order valence-corrected chi connectivity index (χ3v) is 2.37. The van der Waals surface area contributed by atoms with Crippen molar-refractivity contribution in [2.75, 3.05) is 13.1 Å². The molecule has 0 fully saturated rings. The first-order valence-electron chi connectivity index (χ1n) is 5.06. The molecule has 0 aliphatic carbocycles. The Morgan fingerprint density at radius 3 is 3.07 bits per heavy atom. The zero-order chi connectivity index (χ0) is 10.9. The minimum absolute atomic E-state index is 0.0979. The topological polar surface area (TPSA) is 66.9 Å². The van der Waals surface area contributed by atoms with Gasteiger partial charge in [0.25, 0.3) is 0 Å². The van der Waals surface area contributed by atoms with Crippen LogP contribution in [0, 0.1) is 0 Å². The third kappa shape index (κ3) is 5.44. The molecular weight excluding hydrogens is 212 g/mol. The number of aromatic nitrogens is 2. The van der Waals surface area contributed by atoms with Crippen molar-refractivity contribution in [2.45, 2.75) is 26.3 Å². The van der Waals surface area contributed by atoms with Crippen LogP contribution in [0.5, 0.6) is 0 Å². The predicted molar refractivity (Wildman–Crippen MR) is 59.5 cm³/mol. The van der Waals surface area contributed by atoms with Crippen LogP contribution < -0.4 is 10.6 Å². The van der Waals surface area contributed by atoms with Gasteiger partial charge in [-0.15, -0.1) is 5.10 Å². The Balaban J connectivity index is 1.99. The van der Waals surface area contributed by atoms with E-state index in [0.29, 0.717) is 19.5 Å². The highest BCUT2D eigenvalue weighted by Crippen LogP contribution is 1.95. The molecule has 0 aromatic carbocycles. The SMILES string of the molecule is CCCNC(=O)CCNCc1csnn1. The molecule has 0 aliphatic heterocycles. The standard InChI is InChI=1S/C9H16N4OS/c1-2-4-11-9(14)3-5-10-6-8-7-15-13-12-8/h7,10H,2-6H2,1H3,(H,11,14). The summed E-state index contributed by atoms with van der Waals surface area (Å²) in [6.45, 7) is 4.15. The first-order valence-corrected chi connectivity index (χ1v) is 5.90. The van der Waals surface area contributed by atoms with Gasteiger partial charge >= 0.3 is 0 Å². The predicted octanol–water partition coefficient (Wildman–Crippen LogP) is 0.544. The molecule has 1 heterocycles. The second-order valence-electron chi connectivity index (χ2n) is 3.17. The number of nitrogens with zero attached hydrogens (tertiary/aromatic N) is 2. The van der Waals surface area contributed by atoms with Crippen LogP contribution >= 0.6 is 11.5 Å². The molecule has 15 heavy (non-hydrogen) atoms. The van der Waals surface area contributed by atoms with E-state index in [9.17, 15) is 4.79 Å². The van der Waals surface area contributed by atoms with Gasteiger partial charge in [0, 0.05) is 31.4 Å². The van der Waals surface area contributed by atoms with E-state index < -0.39 is 0 Å². The molecule has 2 N–H and O–H groups in total. The van der Waals surface area contributed by atoms with E-state index in [1.807, 2.05) is 12.3 Å². The van der Waals surface area contributed by atoms with Gasteiger partial charge in [-0.3, -0.25) is 4.79 Å². The summed E-state index contributed by atoms with van der Waals surface area (Å²) in [5, 5.41) is 11.7. The van der Waals surface area contributed by atoms with E-state index in [2.05, 4.69) is 20.2 Å². The fraction of sp³-hybridized carbons (Fsp3) is 0.667. The zero-order valence-corrected chi connectivity index (χ0v) is 9.64. The van der Waals surface area contributed by atoms with Crippen molar-refractivity contribution in [3.05, 3.63) is 11.1 Å². The minimum atomic E-state index is 0.0979. The summed E-state index contributed by atoms with van der Waals surface area (Å²) >= 11 is 1.33. The first-order chi connectivity index (χ1) is 7.33. The Hall–Kier alpha value is -1.01. The molecule has 1 amide bonds. The smallest absolute Gasteiger partial charge is 0.221 e. The minimum Gasteiger partial charge on any atom is -0.356 e. The highest BCUT2D eigenvalue weighted by Gasteiger charge is 2.00. The average molecular weight is 228 g/mol. The quantitative estimate of drug-likeness (QED) is 0.669. The molecule has 0 atom stereocenters. The first kappa shape index (κ1) is 12.1. The molecule has 0 saturated heterocycles. The van der Waals surface area contributed by atoms with Crippen LogP contribution in [0.1, 0.15) is 25.5 Å². The maximum atomic E-state index is 11.2. The summed E-state index contributed by atoms with van der Waals surface area (Å²) < 4.78 is 3.75. The van der Waals surface area contributed by atoms with Gasteiger partial charge in [-0.2, -0.15) is 0 Å². The van der Waals surface area contributed by atoms with Crippen LogP contribution in [0.4, 0.5) is 0 Å². The lowest BCUT2D eigenvalue weighted by atomic mass is 10.3. The van der Waals surface area contributed by atoms with E-state index in [1.54, 1.807) is 0 Å². The summed E-state index contributed by atoms with van der Waals surface area (Å²) in [6, 6.07) is 0. The molecule has 0 bridgehead atoms. The lowest BCUT2D eigenvalue weighted by Gasteiger charge is -2.03. The molecule has 6 heteroatoms. The number of hydrogen-bond acceptors (Lipinski definition) is 5. The second-order valence-corrected chi connectivity index (χ2v) is 3.78. The number of amides is 1. The van der Waals surface area contributed by atoms with Gasteiger partial charge in [0.2, 0.25) is 5.91 Å². The van der Waals surface area contributed by atoms with E-state index in [1.165, 1.54) is 11.5 Å². The fourth-order valence-corrected chi connectivity index (χ4v) is 1.48. The van der Waals surface area contributed by atoms with Crippen molar-refractivity contribution in [1.29, 1.82) is 0 Å². The fourth-order valence-electron chi connectivity index (χ4n) is 1.03. The normalized spacial score (nSPS) is 10.2. The highest BCUT2D eigenvalue weighted by atomic mass is 32.1. The number of nitrogens with one attached hydrogen (secondary N) is 2. The Bertz CT molecular complexity index is 276. The van der Waals surface area contributed by atoms with E-state index in [0.717, 1.165) is 18.7 Å². The Kier molecular flexibility index (Phi) is 5.87.